The van der Waals surface area contributed by atoms with Crippen LogP contribution in [-0.4, -0.2) is 39.5 Å². The van der Waals surface area contributed by atoms with Crippen molar-refractivity contribution >= 4 is 34.1 Å². The van der Waals surface area contributed by atoms with E-state index in [0.717, 1.165) is 12.8 Å². The molecule has 11 heteroatoms. The van der Waals surface area contributed by atoms with Crippen LogP contribution < -0.4 is 9.47 Å². The third kappa shape index (κ3) is 5.82. The third-order valence-electron chi connectivity index (χ3n) is 5.56. The Kier molecular flexibility index (Phi) is 7.39. The molecule has 0 aliphatic carbocycles. The Labute approximate surface area is 205 Å². The largest absolute Gasteiger partial charge is 0.476 e. The van der Waals surface area contributed by atoms with Crippen LogP contribution in [0.25, 0.3) is 11.0 Å². The van der Waals surface area contributed by atoms with E-state index in [-0.39, 0.29) is 35.6 Å². The molecule has 1 fully saturated rings. The average molecular weight is 497 g/mol. The summed E-state index contributed by atoms with van der Waals surface area (Å²) in [6, 6.07) is 10.9. The van der Waals surface area contributed by atoms with E-state index >= 15 is 0 Å². The van der Waals surface area contributed by atoms with Gasteiger partial charge in [0.05, 0.1) is 34.3 Å². The van der Waals surface area contributed by atoms with E-state index in [1.54, 1.807) is 18.2 Å². The molecule has 1 aliphatic heterocycles. The zero-order valence-electron chi connectivity index (χ0n) is 18.7. The lowest BCUT2D eigenvalue weighted by atomic mass is 9.94. The summed E-state index contributed by atoms with van der Waals surface area (Å²) < 4.78 is 16.9. The number of ketones is 1. The second kappa shape index (κ2) is 10.6. The maximum atomic E-state index is 12.8. The van der Waals surface area contributed by atoms with E-state index in [1.165, 1.54) is 31.3 Å². The van der Waals surface area contributed by atoms with Gasteiger partial charge in [-0.05, 0) is 50.5 Å². The van der Waals surface area contributed by atoms with Crippen molar-refractivity contribution in [1.82, 2.24) is 9.97 Å². The average Bonchev–Trinajstić information content (AvgIpc) is 3.35. The number of nitriles is 1. The molecule has 0 radical (unpaired) electrons. The normalized spacial score (nSPS) is 16.9. The summed E-state index contributed by atoms with van der Waals surface area (Å²) in [6.45, 7) is 2.07. The van der Waals surface area contributed by atoms with Crippen LogP contribution in [0, 0.1) is 27.4 Å². The number of fused-ring (bicyclic) bond motifs is 1. The second-order valence-corrected chi connectivity index (χ2v) is 8.48. The number of ether oxygens (including phenoxy) is 3. The van der Waals surface area contributed by atoms with Gasteiger partial charge in [0.2, 0.25) is 11.6 Å². The molecule has 180 valence electrons. The van der Waals surface area contributed by atoms with Crippen molar-refractivity contribution in [2.45, 2.75) is 38.4 Å². The highest BCUT2D eigenvalue weighted by atomic mass is 35.5. The molecule has 4 rings (SSSR count). The van der Waals surface area contributed by atoms with Gasteiger partial charge >= 0.3 is 5.69 Å². The van der Waals surface area contributed by atoms with Crippen LogP contribution in [0.4, 0.5) is 5.69 Å². The first kappa shape index (κ1) is 24.3. The quantitative estimate of drug-likeness (QED) is 0.295. The van der Waals surface area contributed by atoms with Crippen molar-refractivity contribution < 1.29 is 23.9 Å². The van der Waals surface area contributed by atoms with Gasteiger partial charge in [0, 0.05) is 23.8 Å². The van der Waals surface area contributed by atoms with Gasteiger partial charge in [-0.2, -0.15) is 5.26 Å². The lowest BCUT2D eigenvalue weighted by molar-refractivity contribution is -0.386. The van der Waals surface area contributed by atoms with Crippen LogP contribution in [-0.2, 0) is 9.53 Å². The molecule has 0 N–H and O–H groups in total. The highest BCUT2D eigenvalue weighted by Crippen LogP contribution is 2.34. The topological polar surface area (TPSA) is 137 Å². The van der Waals surface area contributed by atoms with Gasteiger partial charge in [-0.15, -0.1) is 0 Å². The lowest BCUT2D eigenvalue weighted by Crippen LogP contribution is -2.32. The molecule has 1 aromatic heterocycles. The molecular weight excluding hydrogens is 476 g/mol. The lowest BCUT2D eigenvalue weighted by Gasteiger charge is -2.19. The van der Waals surface area contributed by atoms with Gasteiger partial charge in [0.15, 0.2) is 11.9 Å². The van der Waals surface area contributed by atoms with E-state index in [2.05, 4.69) is 9.97 Å². The number of hydrogen-bond acceptors (Lipinski definition) is 9. The number of Topliss-reactive ketones (excluding diaryl/α,β-unsaturated/α-hetero) is 1. The number of aromatic nitrogens is 2. The Bertz CT molecular complexity index is 1300. The number of nitrogens with zero attached hydrogens (tertiary/aromatic N) is 4. The number of nitro benzene ring substituents is 1. The first-order valence-electron chi connectivity index (χ1n) is 10.9. The Morgan fingerprint density at radius 2 is 2.17 bits per heavy atom. The van der Waals surface area contributed by atoms with Gasteiger partial charge in [-0.3, -0.25) is 14.9 Å². The van der Waals surface area contributed by atoms with E-state index < -0.39 is 22.7 Å². The van der Waals surface area contributed by atoms with Crippen molar-refractivity contribution in [2.24, 2.45) is 5.92 Å². The first-order valence-corrected chi connectivity index (χ1v) is 11.3. The fourth-order valence-corrected chi connectivity index (χ4v) is 3.96. The second-order valence-electron chi connectivity index (χ2n) is 8.04. The molecule has 3 unspecified atom stereocenters. The van der Waals surface area contributed by atoms with E-state index in [9.17, 15) is 20.2 Å². The molecular formula is C24H21ClN4O6. The standard InChI is InChI=1S/C24H21ClN4O6/c1-14(24(30)15(12-26)9-17-3-2-8-33-17)34-22-11-18(5-7-21(22)29(31)32)35-23-13-27-20-10-16(25)4-6-19(20)28-23/h4-7,10-11,13-15,17H,2-3,8-9H2,1H3. The molecule has 2 aromatic carbocycles. The van der Waals surface area contributed by atoms with E-state index in [1.807, 2.05) is 6.07 Å². The van der Waals surface area contributed by atoms with Crippen molar-refractivity contribution in [2.75, 3.05) is 6.61 Å². The van der Waals surface area contributed by atoms with Crippen LogP contribution in [0.15, 0.2) is 42.6 Å². The van der Waals surface area contributed by atoms with Crippen LogP contribution in [0.2, 0.25) is 5.02 Å². The summed E-state index contributed by atoms with van der Waals surface area (Å²) in [5, 5.41) is 21.5. The Balaban J connectivity index is 1.52. The first-order chi connectivity index (χ1) is 16.8. The minimum Gasteiger partial charge on any atom is -0.476 e. The van der Waals surface area contributed by atoms with Crippen LogP contribution in [0.1, 0.15) is 26.2 Å². The zero-order chi connectivity index (χ0) is 24.9. The smallest absolute Gasteiger partial charge is 0.311 e. The molecule has 3 aromatic rings. The van der Waals surface area contributed by atoms with Crippen LogP contribution >= 0.6 is 11.6 Å². The molecule has 10 nitrogen and oxygen atoms in total. The highest BCUT2D eigenvalue weighted by molar-refractivity contribution is 6.31. The van der Waals surface area contributed by atoms with Crippen LogP contribution in [0.5, 0.6) is 17.4 Å². The van der Waals surface area contributed by atoms with Gasteiger partial charge in [0.1, 0.15) is 11.7 Å². The highest BCUT2D eigenvalue weighted by Gasteiger charge is 2.31. The summed E-state index contributed by atoms with van der Waals surface area (Å²) in [6.07, 6.45) is 2.09. The molecule has 1 saturated heterocycles. The zero-order valence-corrected chi connectivity index (χ0v) is 19.5. The van der Waals surface area contributed by atoms with E-state index in [0.29, 0.717) is 22.7 Å². The maximum Gasteiger partial charge on any atom is 0.311 e. The molecule has 0 spiro atoms. The summed E-state index contributed by atoms with van der Waals surface area (Å²) in [4.78, 5) is 32.4. The van der Waals surface area contributed by atoms with Crippen LogP contribution in [0.3, 0.4) is 0 Å². The van der Waals surface area contributed by atoms with Crippen molar-refractivity contribution in [3.8, 4) is 23.4 Å². The van der Waals surface area contributed by atoms with Crippen molar-refractivity contribution in [3.05, 3.63) is 57.7 Å². The summed E-state index contributed by atoms with van der Waals surface area (Å²) >= 11 is 5.96. The Morgan fingerprint density at radius 1 is 1.34 bits per heavy atom. The number of carbonyl (C=O) groups is 1. The predicted octanol–water partition coefficient (Wildman–Crippen LogP) is 5.03. The SMILES string of the molecule is CC(Oc1cc(Oc2cnc3cc(Cl)ccc3n2)ccc1[N+](=O)[O-])C(=O)C(C#N)CC1CCCO1. The molecule has 35 heavy (non-hydrogen) atoms. The molecule has 0 saturated carbocycles. The fourth-order valence-electron chi connectivity index (χ4n) is 3.80. The number of carbonyl (C=O) groups excluding carboxylic acids is 1. The monoisotopic (exact) mass is 496 g/mol. The predicted molar refractivity (Wildman–Crippen MR) is 126 cm³/mol. The number of benzene rings is 2. The Hall–Kier alpha value is -3.81. The summed E-state index contributed by atoms with van der Waals surface area (Å²) in [5.74, 6) is -1.22. The van der Waals surface area contributed by atoms with Gasteiger partial charge < -0.3 is 14.2 Å². The summed E-state index contributed by atoms with van der Waals surface area (Å²) in [5.41, 5.74) is 0.794. The fraction of sp³-hybridized carbons (Fsp3) is 0.333. The third-order valence-corrected chi connectivity index (χ3v) is 5.79. The summed E-state index contributed by atoms with van der Waals surface area (Å²) in [7, 11) is 0. The number of nitro groups is 1. The molecule has 1 aliphatic rings. The maximum absolute atomic E-state index is 12.8. The van der Waals surface area contributed by atoms with Gasteiger partial charge in [-0.1, -0.05) is 11.6 Å². The minimum absolute atomic E-state index is 0.152. The molecule has 3 atom stereocenters. The number of rotatable bonds is 9. The molecule has 0 bridgehead atoms. The number of hydrogen-bond donors (Lipinski definition) is 0. The van der Waals surface area contributed by atoms with E-state index in [4.69, 9.17) is 25.8 Å². The molecule has 2 heterocycles. The number of halogens is 1. The van der Waals surface area contributed by atoms with Gasteiger partial charge in [0.25, 0.3) is 0 Å². The molecule has 0 amide bonds. The minimum atomic E-state index is -1.10. The van der Waals surface area contributed by atoms with Gasteiger partial charge in [-0.25, -0.2) is 9.97 Å². The van der Waals surface area contributed by atoms with Crippen molar-refractivity contribution in [1.29, 1.82) is 5.26 Å². The van der Waals surface area contributed by atoms with Crippen molar-refractivity contribution in [3.63, 3.8) is 0 Å². The Morgan fingerprint density at radius 3 is 2.89 bits per heavy atom.